The van der Waals surface area contributed by atoms with Crippen molar-refractivity contribution in [2.45, 2.75) is 37.1 Å². The predicted molar refractivity (Wildman–Crippen MR) is 146 cm³/mol. The van der Waals surface area contributed by atoms with E-state index in [1.807, 2.05) is 0 Å². The van der Waals surface area contributed by atoms with E-state index in [2.05, 4.69) is 25.4 Å². The first-order valence-corrected chi connectivity index (χ1v) is 14.8. The van der Waals surface area contributed by atoms with E-state index in [1.54, 1.807) is 37.4 Å². The molecule has 13 nitrogen and oxygen atoms in total. The Morgan fingerprint density at radius 3 is 2.77 bits per heavy atom. The van der Waals surface area contributed by atoms with Crippen molar-refractivity contribution < 1.29 is 32.8 Å². The summed E-state index contributed by atoms with van der Waals surface area (Å²) in [6, 6.07) is 7.64. The van der Waals surface area contributed by atoms with Gasteiger partial charge in [-0.2, -0.15) is 9.97 Å². The Morgan fingerprint density at radius 1 is 1.41 bits per heavy atom. The molecule has 0 radical (unpaired) electrons. The summed E-state index contributed by atoms with van der Waals surface area (Å²) in [5.41, 5.74) is 4.56. The van der Waals surface area contributed by atoms with E-state index in [0.29, 0.717) is 17.1 Å². The minimum absolute atomic E-state index is 0.0703. The number of rotatable bonds is 11. The van der Waals surface area contributed by atoms with Gasteiger partial charge < -0.3 is 34.7 Å². The Balaban J connectivity index is 1.62. The van der Waals surface area contributed by atoms with Crippen LogP contribution in [0.4, 0.5) is 16.2 Å². The van der Waals surface area contributed by atoms with Gasteiger partial charge >= 0.3 is 12.6 Å². The van der Waals surface area contributed by atoms with Crippen LogP contribution in [0.2, 0.25) is 0 Å². The van der Waals surface area contributed by atoms with Gasteiger partial charge in [-0.1, -0.05) is 18.2 Å². The maximum absolute atomic E-state index is 15.6. The monoisotopic (exact) mass is 603 g/mol. The zero-order chi connectivity index (χ0) is 28.4. The van der Waals surface area contributed by atoms with Crippen LogP contribution in [0.15, 0.2) is 36.7 Å². The number of halogens is 2. The lowest BCUT2D eigenvalue weighted by molar-refractivity contribution is -0.142. The quantitative estimate of drug-likeness (QED) is 0.143. The number of aliphatic hydroxyl groups is 1. The number of aliphatic hydroxyl groups excluding tert-OH is 1. The van der Waals surface area contributed by atoms with Gasteiger partial charge in [0.2, 0.25) is 5.95 Å². The number of nitrogen functional groups attached to an aromatic ring is 1. The number of para-hydroxylation sites is 1. The number of esters is 1. The standard InChI is InChI=1S/C22H28ClFN7O6PS/c1-12(20(33)34-3)30-38(39,37-13-7-5-4-6-8-13)35-10-22(9-23)16(32)14(24)19(36-22)31-11-27-15-17(26-2)28-21(25)29-18(15)31/h4-8,11-12,14,16,19,32H,9-10H2,1-3H3,(H,30,39)(H3,25,26,28,29)/t12-,14+,16-,19+,22+,38?/m0/s1. The Morgan fingerprint density at radius 2 is 2.13 bits per heavy atom. The third kappa shape index (κ3) is 5.94. The maximum atomic E-state index is 15.6. The van der Waals surface area contributed by atoms with Crippen LogP contribution in [0.5, 0.6) is 5.75 Å². The molecule has 1 unspecified atom stereocenters. The molecule has 0 amide bonds. The van der Waals surface area contributed by atoms with Crippen molar-refractivity contribution in [2.75, 3.05) is 37.7 Å². The Bertz CT molecular complexity index is 1370. The van der Waals surface area contributed by atoms with Gasteiger partial charge in [0, 0.05) is 7.05 Å². The van der Waals surface area contributed by atoms with Crippen molar-refractivity contribution in [1.82, 2.24) is 24.6 Å². The molecule has 1 aliphatic heterocycles. The number of fused-ring (bicyclic) bond motifs is 1. The van der Waals surface area contributed by atoms with Gasteiger partial charge in [0.1, 0.15) is 23.5 Å². The van der Waals surface area contributed by atoms with Crippen LogP contribution in [0, 0.1) is 0 Å². The van der Waals surface area contributed by atoms with Gasteiger partial charge in [-0.25, -0.2) is 14.5 Å². The number of ether oxygens (including phenoxy) is 2. The van der Waals surface area contributed by atoms with E-state index in [4.69, 9.17) is 47.7 Å². The van der Waals surface area contributed by atoms with Crippen LogP contribution < -0.4 is 20.7 Å². The number of methoxy groups -OCH3 is 1. The molecule has 39 heavy (non-hydrogen) atoms. The topological polar surface area (TPSA) is 168 Å². The molecule has 0 bridgehead atoms. The number of alkyl halides is 2. The summed E-state index contributed by atoms with van der Waals surface area (Å²) < 4.78 is 39.6. The molecule has 1 saturated heterocycles. The first-order chi connectivity index (χ1) is 18.6. The van der Waals surface area contributed by atoms with Gasteiger partial charge in [-0.15, -0.1) is 11.6 Å². The maximum Gasteiger partial charge on any atom is 0.323 e. The van der Waals surface area contributed by atoms with Crippen molar-refractivity contribution in [3.63, 3.8) is 0 Å². The number of hydrogen-bond donors (Lipinski definition) is 4. The summed E-state index contributed by atoms with van der Waals surface area (Å²) in [5, 5.41) is 16.7. The molecule has 212 valence electrons. The van der Waals surface area contributed by atoms with Crippen molar-refractivity contribution in [2.24, 2.45) is 0 Å². The summed E-state index contributed by atoms with van der Waals surface area (Å²) in [5.74, 6) is -0.349. The number of carbonyl (C=O) groups is 1. The summed E-state index contributed by atoms with van der Waals surface area (Å²) in [7, 11) is 2.86. The van der Waals surface area contributed by atoms with E-state index < -0.39 is 49.4 Å². The molecular formula is C22H28ClFN7O6PS. The Kier molecular flexibility index (Phi) is 8.91. The first kappa shape index (κ1) is 29.3. The molecule has 3 aromatic rings. The molecule has 1 aliphatic rings. The third-order valence-corrected chi connectivity index (χ3v) is 8.93. The number of benzene rings is 1. The highest BCUT2D eigenvalue weighted by Gasteiger charge is 2.57. The molecule has 2 aromatic heterocycles. The van der Waals surface area contributed by atoms with Crippen molar-refractivity contribution >= 4 is 58.9 Å². The highest BCUT2D eigenvalue weighted by atomic mass is 35.5. The fraction of sp³-hybridized carbons (Fsp3) is 0.455. The van der Waals surface area contributed by atoms with E-state index in [1.165, 1.54) is 24.9 Å². The molecular weight excluding hydrogens is 576 g/mol. The fourth-order valence-corrected chi connectivity index (χ4v) is 6.70. The van der Waals surface area contributed by atoms with E-state index in [-0.39, 0.29) is 17.5 Å². The number of hydrogen-bond acceptors (Lipinski definition) is 12. The lowest BCUT2D eigenvalue weighted by atomic mass is 9.99. The largest absolute Gasteiger partial charge is 0.468 e. The van der Waals surface area contributed by atoms with Crippen LogP contribution in [-0.4, -0.2) is 81.2 Å². The second-order valence-corrected chi connectivity index (χ2v) is 12.1. The van der Waals surface area contributed by atoms with Crippen LogP contribution in [0.25, 0.3) is 11.2 Å². The van der Waals surface area contributed by atoms with E-state index in [0.717, 1.165) is 0 Å². The van der Waals surface area contributed by atoms with Gasteiger partial charge in [0.15, 0.2) is 29.4 Å². The SMILES string of the molecule is CNc1nc(N)nc2c1ncn2[C@@H]1O[C@](CCl)(COP(=S)(N[C@@H](C)C(=O)OC)Oc2ccccc2)[C@@H](O)[C@H]1F. The molecule has 17 heteroatoms. The summed E-state index contributed by atoms with van der Waals surface area (Å²) in [4.78, 5) is 24.5. The average Bonchev–Trinajstić information content (AvgIpc) is 3.45. The second kappa shape index (κ2) is 11.8. The Labute approximate surface area is 233 Å². The smallest absolute Gasteiger partial charge is 0.323 e. The van der Waals surface area contributed by atoms with E-state index in [9.17, 15) is 9.90 Å². The van der Waals surface area contributed by atoms with Crippen molar-refractivity contribution in [3.8, 4) is 5.75 Å². The van der Waals surface area contributed by atoms with Crippen LogP contribution >= 0.6 is 18.2 Å². The second-order valence-electron chi connectivity index (χ2n) is 8.65. The number of imidazole rings is 1. The van der Waals surface area contributed by atoms with Gasteiger partial charge in [0.25, 0.3) is 0 Å². The van der Waals surface area contributed by atoms with Gasteiger partial charge in [0.05, 0.1) is 25.9 Å². The van der Waals surface area contributed by atoms with E-state index >= 15 is 4.39 Å². The summed E-state index contributed by atoms with van der Waals surface area (Å²) >= 11 is 11.9. The zero-order valence-electron chi connectivity index (χ0n) is 21.2. The fourth-order valence-electron chi connectivity index (χ4n) is 3.96. The molecule has 1 fully saturated rings. The highest BCUT2D eigenvalue weighted by molar-refractivity contribution is 8.09. The van der Waals surface area contributed by atoms with Crippen molar-refractivity contribution in [3.05, 3.63) is 36.7 Å². The normalized spacial score (nSPS) is 25.2. The number of nitrogens with two attached hydrogens (primary N) is 1. The van der Waals surface area contributed by atoms with Crippen molar-refractivity contribution in [1.29, 1.82) is 0 Å². The zero-order valence-corrected chi connectivity index (χ0v) is 23.6. The Hall–Kier alpha value is -2.65. The number of aromatic nitrogens is 4. The van der Waals surface area contributed by atoms with Gasteiger partial charge in [-0.3, -0.25) is 9.36 Å². The molecule has 0 saturated carbocycles. The van der Waals surface area contributed by atoms with Crippen LogP contribution in [0.1, 0.15) is 13.2 Å². The average molecular weight is 604 g/mol. The summed E-state index contributed by atoms with van der Waals surface area (Å²) in [6.07, 6.45) is -3.79. The third-order valence-electron chi connectivity index (χ3n) is 6.00. The highest BCUT2D eigenvalue weighted by Crippen LogP contribution is 2.49. The molecule has 4 rings (SSSR count). The van der Waals surface area contributed by atoms with Crippen LogP contribution in [0.3, 0.4) is 0 Å². The minimum atomic E-state index is -3.51. The number of carbonyl (C=O) groups excluding carboxylic acids is 1. The molecule has 5 N–H and O–H groups in total. The van der Waals surface area contributed by atoms with Gasteiger partial charge in [-0.05, 0) is 30.9 Å². The lowest BCUT2D eigenvalue weighted by Gasteiger charge is -2.33. The summed E-state index contributed by atoms with van der Waals surface area (Å²) in [6.45, 7) is -2.47. The molecule has 1 aromatic carbocycles. The number of nitrogens with one attached hydrogen (secondary N) is 2. The van der Waals surface area contributed by atoms with Crippen LogP contribution in [-0.2, 0) is 30.6 Å². The molecule has 0 aliphatic carbocycles. The number of nitrogens with zero attached hydrogens (tertiary/aromatic N) is 4. The molecule has 3 heterocycles. The predicted octanol–water partition coefficient (Wildman–Crippen LogP) is 2.13. The first-order valence-electron chi connectivity index (χ1n) is 11.6. The number of anilines is 2. The molecule has 0 spiro atoms. The molecule has 6 atom stereocenters. The minimum Gasteiger partial charge on any atom is -0.468 e. The lowest BCUT2D eigenvalue weighted by Crippen LogP contribution is -2.48.